The van der Waals surface area contributed by atoms with E-state index in [4.69, 9.17) is 14.6 Å². The highest BCUT2D eigenvalue weighted by atomic mass is 28.3. The maximum Gasteiger partial charge on any atom is 0.439 e. The van der Waals surface area contributed by atoms with Crippen LogP contribution in [0.2, 0.25) is 25.7 Å². The topological polar surface area (TPSA) is 105 Å². The van der Waals surface area contributed by atoms with Gasteiger partial charge in [0.2, 0.25) is 0 Å². The normalized spacial score (nSPS) is 11.5. The van der Waals surface area contributed by atoms with Gasteiger partial charge in [0.1, 0.15) is 5.60 Å². The van der Waals surface area contributed by atoms with E-state index >= 15 is 0 Å². The van der Waals surface area contributed by atoms with E-state index in [9.17, 15) is 14.4 Å². The zero-order valence-electron chi connectivity index (χ0n) is 13.3. The first-order valence-corrected chi connectivity index (χ1v) is 10.2. The largest absolute Gasteiger partial charge is 0.463 e. The first kappa shape index (κ1) is 19.2. The minimum Gasteiger partial charge on any atom is -0.463 e. The van der Waals surface area contributed by atoms with Crippen LogP contribution in [-0.2, 0) is 9.47 Å². The van der Waals surface area contributed by atoms with E-state index in [1.807, 2.05) is 5.43 Å². The number of nitrogens with zero attached hydrogens (tertiary/aromatic N) is 1. The quantitative estimate of drug-likeness (QED) is 0.612. The Labute approximate surface area is 125 Å². The summed E-state index contributed by atoms with van der Waals surface area (Å²) < 4.78 is 9.71. The number of carbonyl (C=O) groups excluding carboxylic acids is 2. The molecule has 0 saturated carbocycles. The first-order chi connectivity index (χ1) is 9.32. The van der Waals surface area contributed by atoms with Crippen molar-refractivity contribution in [1.82, 2.24) is 10.4 Å². The van der Waals surface area contributed by atoms with Gasteiger partial charge in [0.15, 0.2) is 0 Å². The Balaban J connectivity index is 4.48. The van der Waals surface area contributed by atoms with Crippen LogP contribution in [0.4, 0.5) is 14.4 Å². The van der Waals surface area contributed by atoms with Crippen molar-refractivity contribution < 1.29 is 29.0 Å². The summed E-state index contributed by atoms with van der Waals surface area (Å²) >= 11 is 0. The number of nitrogens with one attached hydrogen (secondary N) is 1. The summed E-state index contributed by atoms with van der Waals surface area (Å²) in [4.78, 5) is 34.1. The van der Waals surface area contributed by atoms with Gasteiger partial charge in [0.05, 0.1) is 6.61 Å². The smallest absolute Gasteiger partial charge is 0.439 e. The molecule has 8 nitrogen and oxygen atoms in total. The number of hydrazine groups is 1. The molecule has 0 atom stereocenters. The second-order valence-corrected chi connectivity index (χ2v) is 12.3. The predicted molar refractivity (Wildman–Crippen MR) is 78.7 cm³/mol. The molecule has 0 spiro atoms. The maximum absolute atomic E-state index is 11.6. The van der Waals surface area contributed by atoms with E-state index in [0.29, 0.717) is 0 Å². The van der Waals surface area contributed by atoms with Crippen LogP contribution in [0.15, 0.2) is 0 Å². The highest BCUT2D eigenvalue weighted by Gasteiger charge is 2.29. The van der Waals surface area contributed by atoms with Crippen molar-refractivity contribution >= 4 is 26.4 Å². The molecule has 9 heteroatoms. The van der Waals surface area contributed by atoms with Crippen molar-refractivity contribution in [2.24, 2.45) is 0 Å². The van der Waals surface area contributed by atoms with Crippen molar-refractivity contribution in [2.75, 3.05) is 6.61 Å². The van der Waals surface area contributed by atoms with Crippen LogP contribution in [0.1, 0.15) is 20.8 Å². The molecule has 122 valence electrons. The molecule has 0 fully saturated rings. The van der Waals surface area contributed by atoms with Crippen molar-refractivity contribution in [3.05, 3.63) is 0 Å². The lowest BCUT2D eigenvalue weighted by molar-refractivity contribution is 0.0155. The Hall–Kier alpha value is -1.77. The summed E-state index contributed by atoms with van der Waals surface area (Å²) in [6, 6.07) is 0.736. The summed E-state index contributed by atoms with van der Waals surface area (Å²) in [6.45, 7) is 11.2. The van der Waals surface area contributed by atoms with Crippen LogP contribution in [0.5, 0.6) is 0 Å². The average molecular weight is 320 g/mol. The first-order valence-electron chi connectivity index (χ1n) is 6.51. The third kappa shape index (κ3) is 9.71. The Kier molecular flexibility index (Phi) is 6.68. The molecule has 3 amide bonds. The van der Waals surface area contributed by atoms with E-state index in [0.717, 1.165) is 6.04 Å². The fourth-order valence-electron chi connectivity index (χ4n) is 1.05. The molecule has 0 aliphatic heterocycles. The monoisotopic (exact) mass is 320 g/mol. The molecule has 0 aromatic heterocycles. The Morgan fingerprint density at radius 3 is 2.10 bits per heavy atom. The Morgan fingerprint density at radius 1 is 1.19 bits per heavy atom. The molecule has 0 saturated heterocycles. The lowest BCUT2D eigenvalue weighted by Crippen LogP contribution is -2.51. The minimum atomic E-state index is -1.66. The van der Waals surface area contributed by atoms with Gasteiger partial charge in [0, 0.05) is 8.07 Å². The average Bonchev–Trinajstić information content (AvgIpc) is 2.20. The molecule has 0 aromatic carbocycles. The number of carboxylic acid groups (broad SMARTS) is 1. The zero-order chi connectivity index (χ0) is 16.8. The van der Waals surface area contributed by atoms with E-state index in [-0.39, 0.29) is 11.6 Å². The van der Waals surface area contributed by atoms with Crippen molar-refractivity contribution in [3.8, 4) is 0 Å². The van der Waals surface area contributed by atoms with Crippen LogP contribution < -0.4 is 5.43 Å². The fraction of sp³-hybridized carbons (Fsp3) is 0.750. The van der Waals surface area contributed by atoms with Gasteiger partial charge in [-0.25, -0.2) is 19.8 Å². The van der Waals surface area contributed by atoms with Crippen LogP contribution in [0.3, 0.4) is 0 Å². The van der Waals surface area contributed by atoms with Crippen molar-refractivity contribution in [1.29, 1.82) is 0 Å². The summed E-state index contributed by atoms with van der Waals surface area (Å²) in [5, 5.41) is 8.96. The number of imide groups is 1. The summed E-state index contributed by atoms with van der Waals surface area (Å²) in [5.74, 6) is 0. The second kappa shape index (κ2) is 7.30. The number of carbonyl (C=O) groups is 3. The van der Waals surface area contributed by atoms with E-state index in [2.05, 4.69) is 19.6 Å². The van der Waals surface area contributed by atoms with Gasteiger partial charge in [-0.3, -0.25) is 0 Å². The molecule has 0 aliphatic carbocycles. The van der Waals surface area contributed by atoms with Crippen LogP contribution >= 0.6 is 0 Å². The van der Waals surface area contributed by atoms with E-state index in [1.165, 1.54) is 0 Å². The van der Waals surface area contributed by atoms with Gasteiger partial charge in [-0.15, -0.1) is 5.01 Å². The number of amides is 3. The number of rotatable bonds is 3. The maximum atomic E-state index is 11.6. The van der Waals surface area contributed by atoms with Crippen molar-refractivity contribution in [3.63, 3.8) is 0 Å². The van der Waals surface area contributed by atoms with E-state index < -0.39 is 32.0 Å². The lowest BCUT2D eigenvalue weighted by atomic mass is 10.2. The fourth-order valence-corrected chi connectivity index (χ4v) is 1.77. The molecule has 0 bridgehead atoms. The summed E-state index contributed by atoms with van der Waals surface area (Å²) in [6.07, 6.45) is -3.87. The van der Waals surface area contributed by atoms with Crippen LogP contribution in [0, 0.1) is 0 Å². The van der Waals surface area contributed by atoms with Gasteiger partial charge in [-0.05, 0) is 26.8 Å². The van der Waals surface area contributed by atoms with Gasteiger partial charge >= 0.3 is 18.3 Å². The Morgan fingerprint density at radius 2 is 1.71 bits per heavy atom. The summed E-state index contributed by atoms with van der Waals surface area (Å²) in [7, 11) is -1.37. The molecule has 2 N–H and O–H groups in total. The molecule has 21 heavy (non-hydrogen) atoms. The number of ether oxygens (including phenoxy) is 2. The standard InChI is InChI=1S/C12H24N2O6Si/c1-12(2,3)20-11(18)14(10(16)17)13-9(15)19-7-8-21(4,5)6/h7-8H2,1-6H3,(H,13,15)(H,16,17). The molecule has 0 radical (unpaired) electrons. The molecule has 0 rings (SSSR count). The molecule has 0 aromatic rings. The SMILES string of the molecule is CC(C)(C)OC(=O)N(NC(=O)OCC[Si](C)(C)C)C(=O)O. The van der Waals surface area contributed by atoms with Gasteiger partial charge in [0.25, 0.3) is 0 Å². The Bertz CT molecular complexity index is 400. The lowest BCUT2D eigenvalue weighted by Gasteiger charge is -2.24. The van der Waals surface area contributed by atoms with Gasteiger partial charge < -0.3 is 14.6 Å². The van der Waals surface area contributed by atoms with Crippen LogP contribution in [0.25, 0.3) is 0 Å². The van der Waals surface area contributed by atoms with Gasteiger partial charge in [-0.2, -0.15) is 0 Å². The van der Waals surface area contributed by atoms with Gasteiger partial charge in [-0.1, -0.05) is 19.6 Å². The van der Waals surface area contributed by atoms with E-state index in [1.54, 1.807) is 20.8 Å². The highest BCUT2D eigenvalue weighted by molar-refractivity contribution is 6.76. The molecule has 0 heterocycles. The molecule has 0 unspecified atom stereocenters. The molecular weight excluding hydrogens is 296 g/mol. The number of hydrogen-bond acceptors (Lipinski definition) is 5. The van der Waals surface area contributed by atoms with Crippen molar-refractivity contribution in [2.45, 2.75) is 52.1 Å². The molecule has 0 aliphatic rings. The third-order valence-corrected chi connectivity index (χ3v) is 3.76. The molecular formula is C12H24N2O6Si. The van der Waals surface area contributed by atoms with Crippen LogP contribution in [-0.4, -0.2) is 48.7 Å². The third-order valence-electron chi connectivity index (χ3n) is 2.06. The second-order valence-electron chi connectivity index (χ2n) is 6.66. The highest BCUT2D eigenvalue weighted by Crippen LogP contribution is 2.10. The predicted octanol–water partition coefficient (Wildman–Crippen LogP) is 2.88. The number of hydrogen-bond donors (Lipinski definition) is 2. The minimum absolute atomic E-state index is 0.0576. The summed E-state index contributed by atoms with van der Waals surface area (Å²) in [5.41, 5.74) is 0.958. The zero-order valence-corrected chi connectivity index (χ0v) is 14.3.